The van der Waals surface area contributed by atoms with Crippen molar-refractivity contribution in [1.82, 2.24) is 29.2 Å². The van der Waals surface area contributed by atoms with Crippen LogP contribution in [0.4, 0.5) is 26.1 Å². The number of benzene rings is 2. The molecule has 0 saturated carbocycles. The third kappa shape index (κ3) is 6.90. The molecule has 8 rings (SSSR count). The average molecular weight is 706 g/mol. The van der Waals surface area contributed by atoms with Crippen molar-refractivity contribution >= 4 is 34.1 Å². The van der Waals surface area contributed by atoms with E-state index in [0.717, 1.165) is 135 Å². The summed E-state index contributed by atoms with van der Waals surface area (Å²) in [5.41, 5.74) is 9.94. The summed E-state index contributed by atoms with van der Waals surface area (Å²) in [4.78, 5) is 17.3. The molecule has 0 radical (unpaired) electrons. The maximum absolute atomic E-state index is 13.9. The van der Waals surface area contributed by atoms with E-state index in [2.05, 4.69) is 73.5 Å². The Morgan fingerprint density at radius 1 is 0.827 bits per heavy atom. The molecule has 6 heterocycles. The second kappa shape index (κ2) is 14.3. The number of rotatable bonds is 3. The van der Waals surface area contributed by atoms with Gasteiger partial charge in [-0.25, -0.2) is 13.8 Å². The summed E-state index contributed by atoms with van der Waals surface area (Å²) in [6, 6.07) is 15.6. The largest absolute Gasteiger partial charge is 0.371 e. The highest BCUT2D eigenvalue weighted by Crippen LogP contribution is 2.33. The van der Waals surface area contributed by atoms with Crippen molar-refractivity contribution in [2.75, 3.05) is 47.8 Å². The number of imidazole rings is 1. The summed E-state index contributed by atoms with van der Waals surface area (Å²) in [5, 5.41) is 8.18. The van der Waals surface area contributed by atoms with E-state index >= 15 is 0 Å². The fourth-order valence-electron chi connectivity index (χ4n) is 8.63. The first-order valence-electron chi connectivity index (χ1n) is 18.9. The summed E-state index contributed by atoms with van der Waals surface area (Å²) in [7, 11) is 2.02. The number of hydrogen-bond donors (Lipinski definition) is 1. The van der Waals surface area contributed by atoms with Crippen molar-refractivity contribution in [2.24, 2.45) is 7.05 Å². The number of aromatic nitrogens is 5. The fraction of sp³-hybridized carbons (Fsp3) is 0.439. The minimum atomic E-state index is -0.518. The van der Waals surface area contributed by atoms with Crippen LogP contribution in [0.25, 0.3) is 28.0 Å². The maximum Gasteiger partial charge on any atom is 0.208 e. The third-order valence-electron chi connectivity index (χ3n) is 11.4. The van der Waals surface area contributed by atoms with Gasteiger partial charge in [-0.05, 0) is 88.4 Å². The van der Waals surface area contributed by atoms with Crippen molar-refractivity contribution in [3.8, 4) is 11.3 Å². The maximum atomic E-state index is 13.9. The van der Waals surface area contributed by atoms with Crippen LogP contribution in [0.5, 0.6) is 0 Å². The van der Waals surface area contributed by atoms with E-state index in [1.54, 1.807) is 0 Å². The molecule has 0 aliphatic carbocycles. The van der Waals surface area contributed by atoms with E-state index in [-0.39, 0.29) is 0 Å². The van der Waals surface area contributed by atoms with Crippen LogP contribution < -0.4 is 15.1 Å². The van der Waals surface area contributed by atoms with Gasteiger partial charge in [-0.1, -0.05) is 19.4 Å². The van der Waals surface area contributed by atoms with Crippen molar-refractivity contribution in [2.45, 2.75) is 77.4 Å². The number of fused-ring (bicyclic) bond motifs is 7. The van der Waals surface area contributed by atoms with E-state index < -0.39 is 11.6 Å². The molecule has 2 bridgehead atoms. The van der Waals surface area contributed by atoms with Gasteiger partial charge in [0.1, 0.15) is 11.6 Å². The van der Waals surface area contributed by atoms with Crippen LogP contribution in [0, 0.1) is 18.6 Å². The van der Waals surface area contributed by atoms with Gasteiger partial charge < -0.3 is 19.7 Å². The minimum absolute atomic E-state index is 0.386. The Kier molecular flexibility index (Phi) is 9.46. The Balaban J connectivity index is 0.994. The van der Waals surface area contributed by atoms with Crippen LogP contribution in [0.15, 0.2) is 61.3 Å². The Labute approximate surface area is 305 Å². The van der Waals surface area contributed by atoms with Crippen molar-refractivity contribution in [3.05, 3.63) is 89.9 Å². The smallest absolute Gasteiger partial charge is 0.208 e. The molecule has 1 unspecified atom stereocenters. The van der Waals surface area contributed by atoms with Gasteiger partial charge in [-0.3, -0.25) is 14.6 Å². The SMILES string of the molecule is C=C1Nc2nc3ccc(N4CCN(C5CCN(c6cc(F)cc(F)c6)CC5)C(C)C4)cc3n2CCCCCCc2c(cnn2C)-c2cc1cc(C)n2. The highest BCUT2D eigenvalue weighted by atomic mass is 19.1. The zero-order valence-corrected chi connectivity index (χ0v) is 30.6. The zero-order valence-electron chi connectivity index (χ0n) is 30.6. The molecule has 3 aromatic heterocycles. The van der Waals surface area contributed by atoms with Gasteiger partial charge in [-0.15, -0.1) is 0 Å². The number of aryl methyl sites for hydroxylation is 3. The molecule has 2 aromatic carbocycles. The van der Waals surface area contributed by atoms with Gasteiger partial charge in [0, 0.05) is 104 Å². The lowest BCUT2D eigenvalue weighted by Crippen LogP contribution is -2.57. The summed E-state index contributed by atoms with van der Waals surface area (Å²) < 4.78 is 32.1. The van der Waals surface area contributed by atoms with Crippen molar-refractivity contribution < 1.29 is 8.78 Å². The molecule has 52 heavy (non-hydrogen) atoms. The van der Waals surface area contributed by atoms with Gasteiger partial charge in [0.15, 0.2) is 0 Å². The monoisotopic (exact) mass is 705 g/mol. The normalized spacial score (nSPS) is 19.6. The van der Waals surface area contributed by atoms with Gasteiger partial charge in [-0.2, -0.15) is 5.10 Å². The molecule has 0 amide bonds. The van der Waals surface area contributed by atoms with Gasteiger partial charge in [0.05, 0.1) is 22.9 Å². The summed E-state index contributed by atoms with van der Waals surface area (Å²) >= 11 is 0. The zero-order chi connectivity index (χ0) is 35.9. The van der Waals surface area contributed by atoms with Crippen LogP contribution >= 0.6 is 0 Å². The van der Waals surface area contributed by atoms with Crippen LogP contribution in [-0.2, 0) is 20.0 Å². The molecule has 0 spiro atoms. The molecule has 3 aliphatic heterocycles. The topological polar surface area (TPSA) is 70.3 Å². The number of anilines is 3. The molecule has 11 heteroatoms. The number of nitrogens with one attached hydrogen (secondary N) is 1. The molecule has 9 nitrogen and oxygen atoms in total. The molecular weight excluding hydrogens is 657 g/mol. The Hall–Kier alpha value is -4.77. The summed E-state index contributed by atoms with van der Waals surface area (Å²) in [5.74, 6) is -0.221. The van der Waals surface area contributed by atoms with E-state index in [0.29, 0.717) is 17.8 Å². The van der Waals surface area contributed by atoms with Crippen LogP contribution in [-0.4, -0.2) is 74.0 Å². The number of halogens is 2. The second-order valence-electron chi connectivity index (χ2n) is 14.9. The number of piperidine rings is 1. The number of nitrogens with zero attached hydrogens (tertiary/aromatic N) is 8. The lowest BCUT2D eigenvalue weighted by atomic mass is 9.99. The molecular formula is C41H49F2N9. The standard InChI is InChI=1S/C41H49F2N9/c1-27-19-30-20-38(45-27)36-25-44-48(4)39(36)9-7-5-6-8-14-52-40-24-34(10-11-37(40)47-41(52)46-29(30)3)50-17-18-51(28(2)26-50)33-12-15-49(16-13-33)35-22-31(42)21-32(43)23-35/h10-11,19-25,28,33H,3,5-9,12-18,26H2,1-2,4H3,(H,46,47). The first-order chi connectivity index (χ1) is 25.2. The lowest BCUT2D eigenvalue weighted by Gasteiger charge is -2.47. The van der Waals surface area contributed by atoms with E-state index in [4.69, 9.17) is 9.97 Å². The third-order valence-corrected chi connectivity index (χ3v) is 11.4. The number of pyridine rings is 1. The lowest BCUT2D eigenvalue weighted by molar-refractivity contribution is 0.110. The number of piperazine rings is 1. The fourth-order valence-corrected chi connectivity index (χ4v) is 8.63. The van der Waals surface area contributed by atoms with Gasteiger partial charge in [0.25, 0.3) is 0 Å². The molecule has 1 atom stereocenters. The molecule has 272 valence electrons. The number of hydrogen-bond acceptors (Lipinski definition) is 7. The quantitative estimate of drug-likeness (QED) is 0.206. The highest BCUT2D eigenvalue weighted by molar-refractivity contribution is 5.85. The Bertz CT molecular complexity index is 2070. The van der Waals surface area contributed by atoms with Gasteiger partial charge >= 0.3 is 0 Å². The summed E-state index contributed by atoms with van der Waals surface area (Å²) in [6.45, 7) is 14.2. The average Bonchev–Trinajstić information content (AvgIpc) is 3.67. The Morgan fingerprint density at radius 3 is 2.40 bits per heavy atom. The van der Waals surface area contributed by atoms with Crippen LogP contribution in [0.2, 0.25) is 0 Å². The minimum Gasteiger partial charge on any atom is -0.371 e. The molecule has 5 aromatic rings. The first kappa shape index (κ1) is 34.3. The first-order valence-corrected chi connectivity index (χ1v) is 18.9. The Morgan fingerprint density at radius 2 is 1.62 bits per heavy atom. The predicted octanol–water partition coefficient (Wildman–Crippen LogP) is 7.80. The van der Waals surface area contributed by atoms with Crippen LogP contribution in [0.1, 0.15) is 62.4 Å². The van der Waals surface area contributed by atoms with Crippen molar-refractivity contribution in [1.29, 1.82) is 0 Å². The second-order valence-corrected chi connectivity index (χ2v) is 14.9. The van der Waals surface area contributed by atoms with Gasteiger partial charge in [0.2, 0.25) is 5.95 Å². The molecule has 2 saturated heterocycles. The van der Waals surface area contributed by atoms with E-state index in [9.17, 15) is 8.78 Å². The summed E-state index contributed by atoms with van der Waals surface area (Å²) in [6.07, 6.45) is 9.33. The molecule has 1 N–H and O–H groups in total. The predicted molar refractivity (Wildman–Crippen MR) is 206 cm³/mol. The highest BCUT2D eigenvalue weighted by Gasteiger charge is 2.32. The van der Waals surface area contributed by atoms with E-state index in [1.807, 2.05) is 24.9 Å². The molecule has 2 fully saturated rings. The van der Waals surface area contributed by atoms with Crippen molar-refractivity contribution in [3.63, 3.8) is 0 Å². The molecule has 3 aliphatic rings. The van der Waals surface area contributed by atoms with Crippen LogP contribution in [0.3, 0.4) is 0 Å². The van der Waals surface area contributed by atoms with E-state index in [1.165, 1.54) is 23.5 Å².